The highest BCUT2D eigenvalue weighted by atomic mass is 16.1. The van der Waals surface area contributed by atoms with Crippen LogP contribution < -0.4 is 16.8 Å². The Balaban J connectivity index is 2.63. The molecule has 0 radical (unpaired) electrons. The summed E-state index contributed by atoms with van der Waals surface area (Å²) in [6.45, 7) is 8.03. The predicted molar refractivity (Wildman–Crippen MR) is 75.7 cm³/mol. The Morgan fingerprint density at radius 1 is 1.33 bits per heavy atom. The fourth-order valence-electron chi connectivity index (χ4n) is 1.82. The number of nitrogens with one attached hydrogen (secondary N) is 1. The normalized spacial score (nSPS) is 10.6. The zero-order chi connectivity index (χ0) is 13.5. The standard InChI is InChI=1S/C13H22N4O/c1-3-17(4-2)9-8-16-11-7-5-6-10(12(11)14)13(15)18/h5-7,16H,3-4,8-9,14H2,1-2H3,(H2,15,18). The van der Waals surface area contributed by atoms with Crippen molar-refractivity contribution in [1.82, 2.24) is 4.90 Å². The topological polar surface area (TPSA) is 84.4 Å². The molecule has 1 amide bonds. The fraction of sp³-hybridized carbons (Fsp3) is 0.462. The van der Waals surface area contributed by atoms with Gasteiger partial charge in [0.15, 0.2) is 0 Å². The van der Waals surface area contributed by atoms with E-state index in [9.17, 15) is 4.79 Å². The number of nitrogens with zero attached hydrogens (tertiary/aromatic N) is 1. The van der Waals surface area contributed by atoms with Gasteiger partial charge in [-0.1, -0.05) is 19.9 Å². The van der Waals surface area contributed by atoms with Crippen LogP contribution in [-0.4, -0.2) is 37.0 Å². The van der Waals surface area contributed by atoms with E-state index in [0.717, 1.165) is 31.9 Å². The van der Waals surface area contributed by atoms with Crippen LogP contribution in [0, 0.1) is 0 Å². The van der Waals surface area contributed by atoms with Crippen molar-refractivity contribution < 1.29 is 4.79 Å². The van der Waals surface area contributed by atoms with Crippen LogP contribution in [0.4, 0.5) is 11.4 Å². The van der Waals surface area contributed by atoms with Crippen molar-refractivity contribution in [1.29, 1.82) is 0 Å². The van der Waals surface area contributed by atoms with E-state index in [1.165, 1.54) is 0 Å². The van der Waals surface area contributed by atoms with E-state index in [0.29, 0.717) is 11.3 Å². The van der Waals surface area contributed by atoms with Crippen molar-refractivity contribution in [2.45, 2.75) is 13.8 Å². The minimum Gasteiger partial charge on any atom is -0.396 e. The summed E-state index contributed by atoms with van der Waals surface area (Å²) in [4.78, 5) is 13.5. The third-order valence-electron chi connectivity index (χ3n) is 3.01. The first-order valence-corrected chi connectivity index (χ1v) is 6.24. The molecule has 0 aliphatic heterocycles. The second kappa shape index (κ2) is 6.86. The summed E-state index contributed by atoms with van der Waals surface area (Å²) in [5.74, 6) is -0.500. The second-order valence-electron chi connectivity index (χ2n) is 4.08. The van der Waals surface area contributed by atoms with Gasteiger partial charge in [0, 0.05) is 13.1 Å². The first kappa shape index (κ1) is 14.3. The average Bonchev–Trinajstić information content (AvgIpc) is 2.36. The van der Waals surface area contributed by atoms with Crippen LogP contribution in [0.15, 0.2) is 18.2 Å². The molecule has 0 fully saturated rings. The maximum absolute atomic E-state index is 11.2. The Kier molecular flexibility index (Phi) is 5.45. The van der Waals surface area contributed by atoms with Gasteiger partial charge >= 0.3 is 0 Å². The molecule has 0 aromatic heterocycles. The SMILES string of the molecule is CCN(CC)CCNc1cccc(C(N)=O)c1N. The molecule has 1 aromatic rings. The van der Waals surface area contributed by atoms with E-state index < -0.39 is 5.91 Å². The molecule has 0 saturated carbocycles. The number of likely N-dealkylation sites (N-methyl/N-ethyl adjacent to an activating group) is 1. The predicted octanol–water partition coefficient (Wildman–Crippen LogP) is 1.12. The molecule has 0 bridgehead atoms. The Hall–Kier alpha value is -1.75. The Bertz CT molecular complexity index is 402. The number of hydrogen-bond donors (Lipinski definition) is 3. The van der Waals surface area contributed by atoms with Crippen LogP contribution in [0.3, 0.4) is 0 Å². The zero-order valence-corrected chi connectivity index (χ0v) is 11.1. The Labute approximate surface area is 108 Å². The molecule has 1 rings (SSSR count). The molecule has 5 N–H and O–H groups in total. The first-order chi connectivity index (χ1) is 8.60. The number of carbonyl (C=O) groups excluding carboxylic acids is 1. The van der Waals surface area contributed by atoms with Crippen LogP contribution in [0.2, 0.25) is 0 Å². The van der Waals surface area contributed by atoms with Gasteiger partial charge in [0.2, 0.25) is 0 Å². The number of carbonyl (C=O) groups is 1. The van der Waals surface area contributed by atoms with Gasteiger partial charge in [0.1, 0.15) is 0 Å². The summed E-state index contributed by atoms with van der Waals surface area (Å²) in [6.07, 6.45) is 0. The highest BCUT2D eigenvalue weighted by Gasteiger charge is 2.09. The monoisotopic (exact) mass is 250 g/mol. The van der Waals surface area contributed by atoms with Crippen molar-refractivity contribution in [2.24, 2.45) is 5.73 Å². The van der Waals surface area contributed by atoms with Gasteiger partial charge in [-0.05, 0) is 25.2 Å². The van der Waals surface area contributed by atoms with Crippen LogP contribution in [0.1, 0.15) is 24.2 Å². The van der Waals surface area contributed by atoms with Gasteiger partial charge in [-0.2, -0.15) is 0 Å². The number of primary amides is 1. The molecular formula is C13H22N4O. The number of nitrogens with two attached hydrogens (primary N) is 2. The number of hydrogen-bond acceptors (Lipinski definition) is 4. The average molecular weight is 250 g/mol. The molecule has 5 nitrogen and oxygen atoms in total. The van der Waals surface area contributed by atoms with E-state index in [-0.39, 0.29) is 0 Å². The lowest BCUT2D eigenvalue weighted by Gasteiger charge is -2.19. The summed E-state index contributed by atoms with van der Waals surface area (Å²) in [7, 11) is 0. The minimum atomic E-state index is -0.500. The fourth-order valence-corrected chi connectivity index (χ4v) is 1.82. The van der Waals surface area contributed by atoms with Crippen LogP contribution in [-0.2, 0) is 0 Å². The third-order valence-corrected chi connectivity index (χ3v) is 3.01. The summed E-state index contributed by atoms with van der Waals surface area (Å²) >= 11 is 0. The molecule has 0 atom stereocenters. The largest absolute Gasteiger partial charge is 0.396 e. The molecule has 0 unspecified atom stereocenters. The van der Waals surface area contributed by atoms with Crippen molar-refractivity contribution in [2.75, 3.05) is 37.2 Å². The van der Waals surface area contributed by atoms with Crippen molar-refractivity contribution in [3.8, 4) is 0 Å². The number of benzene rings is 1. The summed E-state index contributed by atoms with van der Waals surface area (Å²) < 4.78 is 0. The smallest absolute Gasteiger partial charge is 0.250 e. The van der Waals surface area contributed by atoms with Gasteiger partial charge in [-0.3, -0.25) is 4.79 Å². The molecule has 100 valence electrons. The number of nitrogen functional groups attached to an aromatic ring is 1. The molecule has 5 heteroatoms. The molecule has 18 heavy (non-hydrogen) atoms. The van der Waals surface area contributed by atoms with E-state index in [2.05, 4.69) is 24.1 Å². The van der Waals surface area contributed by atoms with Crippen molar-refractivity contribution in [3.05, 3.63) is 23.8 Å². The lowest BCUT2D eigenvalue weighted by atomic mass is 10.1. The first-order valence-electron chi connectivity index (χ1n) is 6.24. The molecule has 0 aliphatic carbocycles. The molecule has 0 saturated heterocycles. The lowest BCUT2D eigenvalue weighted by Crippen LogP contribution is -2.28. The summed E-state index contributed by atoms with van der Waals surface area (Å²) in [5, 5.41) is 3.23. The maximum atomic E-state index is 11.2. The third kappa shape index (κ3) is 3.63. The highest BCUT2D eigenvalue weighted by Crippen LogP contribution is 2.21. The summed E-state index contributed by atoms with van der Waals surface area (Å²) in [6, 6.07) is 5.26. The van der Waals surface area contributed by atoms with E-state index in [1.54, 1.807) is 12.1 Å². The van der Waals surface area contributed by atoms with Crippen molar-refractivity contribution in [3.63, 3.8) is 0 Å². The van der Waals surface area contributed by atoms with E-state index >= 15 is 0 Å². The molecule has 0 heterocycles. The van der Waals surface area contributed by atoms with E-state index in [4.69, 9.17) is 11.5 Å². The maximum Gasteiger partial charge on any atom is 0.250 e. The molecular weight excluding hydrogens is 228 g/mol. The van der Waals surface area contributed by atoms with Gasteiger partial charge < -0.3 is 21.7 Å². The van der Waals surface area contributed by atoms with Crippen molar-refractivity contribution >= 4 is 17.3 Å². The quantitative estimate of drug-likeness (QED) is 0.633. The van der Waals surface area contributed by atoms with Gasteiger partial charge in [0.05, 0.1) is 16.9 Å². The van der Waals surface area contributed by atoms with Gasteiger partial charge in [0.25, 0.3) is 5.91 Å². The highest BCUT2D eigenvalue weighted by molar-refractivity contribution is 6.00. The van der Waals surface area contributed by atoms with Gasteiger partial charge in [-0.25, -0.2) is 0 Å². The number of rotatable bonds is 7. The minimum absolute atomic E-state index is 0.364. The van der Waals surface area contributed by atoms with Crippen LogP contribution in [0.25, 0.3) is 0 Å². The molecule has 1 aromatic carbocycles. The lowest BCUT2D eigenvalue weighted by molar-refractivity contribution is 0.100. The number of para-hydroxylation sites is 1. The Morgan fingerprint density at radius 2 is 2.00 bits per heavy atom. The van der Waals surface area contributed by atoms with E-state index in [1.807, 2.05) is 6.07 Å². The molecule has 0 aliphatic rings. The Morgan fingerprint density at radius 3 is 2.56 bits per heavy atom. The van der Waals surface area contributed by atoms with Crippen LogP contribution in [0.5, 0.6) is 0 Å². The molecule has 0 spiro atoms. The van der Waals surface area contributed by atoms with Gasteiger partial charge in [-0.15, -0.1) is 0 Å². The summed E-state index contributed by atoms with van der Waals surface area (Å²) in [5.41, 5.74) is 12.7. The number of amides is 1. The van der Waals surface area contributed by atoms with Crippen LogP contribution >= 0.6 is 0 Å². The number of anilines is 2. The zero-order valence-electron chi connectivity index (χ0n) is 11.1. The second-order valence-corrected chi connectivity index (χ2v) is 4.08.